The molecule has 0 bridgehead atoms. The summed E-state index contributed by atoms with van der Waals surface area (Å²) in [5, 5.41) is 6.49. The van der Waals surface area contributed by atoms with Gasteiger partial charge in [-0.15, -0.1) is 0 Å². The minimum absolute atomic E-state index is 0.188. The Labute approximate surface area is 133 Å². The molecular weight excluding hydrogens is 281 g/mol. The highest BCUT2D eigenvalue weighted by atomic mass is 19.1. The van der Waals surface area contributed by atoms with Crippen molar-refractivity contribution >= 4 is 5.96 Å². The van der Waals surface area contributed by atoms with E-state index in [9.17, 15) is 4.39 Å². The maximum Gasteiger partial charge on any atom is 0.191 e. The van der Waals surface area contributed by atoms with Crippen molar-refractivity contribution in [3.05, 3.63) is 35.6 Å². The topological polar surface area (TPSA) is 45.7 Å². The zero-order chi connectivity index (χ0) is 16.0. The van der Waals surface area contributed by atoms with Gasteiger partial charge in [0.2, 0.25) is 0 Å². The van der Waals surface area contributed by atoms with Crippen molar-refractivity contribution < 1.29 is 9.13 Å². The van der Waals surface area contributed by atoms with Gasteiger partial charge < -0.3 is 15.4 Å². The van der Waals surface area contributed by atoms with Gasteiger partial charge in [0.1, 0.15) is 5.82 Å². The number of unbranched alkanes of at least 4 members (excludes halogenated alkanes) is 1. The van der Waals surface area contributed by atoms with Crippen molar-refractivity contribution in [2.45, 2.75) is 33.1 Å². The summed E-state index contributed by atoms with van der Waals surface area (Å²) in [7, 11) is 0. The Morgan fingerprint density at radius 1 is 1.23 bits per heavy atom. The van der Waals surface area contributed by atoms with Crippen LogP contribution in [0.15, 0.2) is 29.3 Å². The van der Waals surface area contributed by atoms with Crippen LogP contribution >= 0.6 is 0 Å². The third-order valence-electron chi connectivity index (χ3n) is 3.11. The highest BCUT2D eigenvalue weighted by Crippen LogP contribution is 2.03. The van der Waals surface area contributed by atoms with Crippen LogP contribution in [-0.2, 0) is 11.2 Å². The number of aliphatic imine (C=N–C) groups is 1. The second-order valence-corrected chi connectivity index (χ2v) is 4.97. The van der Waals surface area contributed by atoms with Gasteiger partial charge >= 0.3 is 0 Å². The Kier molecular flexibility index (Phi) is 10.0. The van der Waals surface area contributed by atoms with E-state index in [-0.39, 0.29) is 5.82 Å². The fourth-order valence-corrected chi connectivity index (χ4v) is 2.01. The Balaban J connectivity index is 2.27. The largest absolute Gasteiger partial charge is 0.382 e. The summed E-state index contributed by atoms with van der Waals surface area (Å²) in [5.41, 5.74) is 0.986. The molecule has 5 heteroatoms. The van der Waals surface area contributed by atoms with Crippen molar-refractivity contribution in [2.75, 3.05) is 32.8 Å². The van der Waals surface area contributed by atoms with Crippen LogP contribution in [-0.4, -0.2) is 38.8 Å². The van der Waals surface area contributed by atoms with E-state index in [0.717, 1.165) is 63.6 Å². The van der Waals surface area contributed by atoms with Crippen molar-refractivity contribution in [1.29, 1.82) is 0 Å². The van der Waals surface area contributed by atoms with Crippen LogP contribution in [0.3, 0.4) is 0 Å². The number of benzene rings is 1. The molecular formula is C17H28FN3O. The van der Waals surface area contributed by atoms with Gasteiger partial charge in [0, 0.05) is 32.8 Å². The maximum atomic E-state index is 13.1. The summed E-state index contributed by atoms with van der Waals surface area (Å²) >= 11 is 0. The van der Waals surface area contributed by atoms with E-state index < -0.39 is 0 Å². The number of halogens is 1. The first kappa shape index (κ1) is 18.4. The van der Waals surface area contributed by atoms with Crippen molar-refractivity contribution in [2.24, 2.45) is 4.99 Å². The molecule has 0 saturated carbocycles. The standard InChI is InChI=1S/C17H28FN3O/c1-3-19-17(20-11-5-6-13-22-4-2)21-12-10-15-8-7-9-16(18)14-15/h7-9,14H,3-6,10-13H2,1-2H3,(H2,19,20,21). The number of nitrogens with one attached hydrogen (secondary N) is 2. The van der Waals surface area contributed by atoms with Gasteiger partial charge in [-0.05, 0) is 50.8 Å². The molecule has 0 aliphatic carbocycles. The predicted molar refractivity (Wildman–Crippen MR) is 89.8 cm³/mol. The molecule has 0 heterocycles. The van der Waals surface area contributed by atoms with Gasteiger partial charge in [-0.25, -0.2) is 4.39 Å². The molecule has 4 nitrogen and oxygen atoms in total. The van der Waals surface area contributed by atoms with Gasteiger partial charge in [-0.3, -0.25) is 4.99 Å². The van der Waals surface area contributed by atoms with Crippen LogP contribution in [0.4, 0.5) is 4.39 Å². The number of hydrogen-bond acceptors (Lipinski definition) is 2. The summed E-state index contributed by atoms with van der Waals surface area (Å²) in [6.45, 7) is 7.95. The molecule has 1 rings (SSSR count). The maximum absolute atomic E-state index is 13.1. The van der Waals surface area contributed by atoms with E-state index in [1.165, 1.54) is 6.07 Å². The number of rotatable bonds is 10. The molecule has 0 aliphatic heterocycles. The minimum atomic E-state index is -0.188. The van der Waals surface area contributed by atoms with Crippen LogP contribution in [0.1, 0.15) is 32.3 Å². The van der Waals surface area contributed by atoms with Crippen LogP contribution in [0.25, 0.3) is 0 Å². The van der Waals surface area contributed by atoms with Crippen LogP contribution < -0.4 is 10.6 Å². The van der Waals surface area contributed by atoms with Crippen molar-refractivity contribution in [3.63, 3.8) is 0 Å². The Bertz CT molecular complexity index is 438. The lowest BCUT2D eigenvalue weighted by molar-refractivity contribution is 0.144. The van der Waals surface area contributed by atoms with E-state index in [1.54, 1.807) is 12.1 Å². The normalized spacial score (nSPS) is 11.5. The smallest absolute Gasteiger partial charge is 0.191 e. The van der Waals surface area contributed by atoms with Gasteiger partial charge in [0.25, 0.3) is 0 Å². The molecule has 0 aromatic heterocycles. The molecule has 0 unspecified atom stereocenters. The molecule has 2 N–H and O–H groups in total. The minimum Gasteiger partial charge on any atom is -0.382 e. The third-order valence-corrected chi connectivity index (χ3v) is 3.11. The zero-order valence-corrected chi connectivity index (χ0v) is 13.7. The highest BCUT2D eigenvalue weighted by Gasteiger charge is 1.99. The fourth-order valence-electron chi connectivity index (χ4n) is 2.01. The lowest BCUT2D eigenvalue weighted by atomic mass is 10.1. The van der Waals surface area contributed by atoms with Crippen molar-refractivity contribution in [3.8, 4) is 0 Å². The molecule has 0 fully saturated rings. The van der Waals surface area contributed by atoms with Gasteiger partial charge in [0.15, 0.2) is 5.96 Å². The molecule has 0 spiro atoms. The van der Waals surface area contributed by atoms with E-state index in [4.69, 9.17) is 4.74 Å². The Morgan fingerprint density at radius 2 is 2.09 bits per heavy atom. The van der Waals surface area contributed by atoms with E-state index in [0.29, 0.717) is 0 Å². The van der Waals surface area contributed by atoms with E-state index in [2.05, 4.69) is 15.6 Å². The first-order valence-corrected chi connectivity index (χ1v) is 8.10. The van der Waals surface area contributed by atoms with Gasteiger partial charge in [-0.2, -0.15) is 0 Å². The average Bonchev–Trinajstić information content (AvgIpc) is 2.51. The molecule has 1 aromatic carbocycles. The Morgan fingerprint density at radius 3 is 2.82 bits per heavy atom. The fraction of sp³-hybridized carbons (Fsp3) is 0.588. The third kappa shape index (κ3) is 8.62. The molecule has 0 saturated heterocycles. The molecule has 22 heavy (non-hydrogen) atoms. The molecule has 0 amide bonds. The molecule has 124 valence electrons. The van der Waals surface area contributed by atoms with E-state index >= 15 is 0 Å². The van der Waals surface area contributed by atoms with Gasteiger partial charge in [-0.1, -0.05) is 12.1 Å². The summed E-state index contributed by atoms with van der Waals surface area (Å²) in [6.07, 6.45) is 2.81. The Hall–Kier alpha value is -1.62. The average molecular weight is 309 g/mol. The monoisotopic (exact) mass is 309 g/mol. The quantitative estimate of drug-likeness (QED) is 0.397. The number of ether oxygens (including phenoxy) is 1. The number of guanidine groups is 1. The lowest BCUT2D eigenvalue weighted by Crippen LogP contribution is -2.38. The second kappa shape index (κ2) is 12.0. The zero-order valence-electron chi connectivity index (χ0n) is 13.7. The predicted octanol–water partition coefficient (Wildman–Crippen LogP) is 2.74. The van der Waals surface area contributed by atoms with Crippen LogP contribution in [0, 0.1) is 5.82 Å². The molecule has 0 radical (unpaired) electrons. The summed E-state index contributed by atoms with van der Waals surface area (Å²) in [4.78, 5) is 4.52. The summed E-state index contributed by atoms with van der Waals surface area (Å²) < 4.78 is 18.4. The first-order valence-electron chi connectivity index (χ1n) is 8.10. The highest BCUT2D eigenvalue weighted by molar-refractivity contribution is 5.79. The SMILES string of the molecule is CCNC(=NCCCCOCC)NCCc1cccc(F)c1. The number of nitrogens with zero attached hydrogens (tertiary/aromatic N) is 1. The second-order valence-electron chi connectivity index (χ2n) is 4.97. The molecule has 0 atom stereocenters. The summed E-state index contributed by atoms with van der Waals surface area (Å²) in [6, 6.07) is 6.70. The summed E-state index contributed by atoms with van der Waals surface area (Å²) in [5.74, 6) is 0.627. The van der Waals surface area contributed by atoms with Crippen molar-refractivity contribution in [1.82, 2.24) is 10.6 Å². The molecule has 0 aliphatic rings. The first-order chi connectivity index (χ1) is 10.8. The van der Waals surface area contributed by atoms with E-state index in [1.807, 2.05) is 19.9 Å². The number of hydrogen-bond donors (Lipinski definition) is 2. The lowest BCUT2D eigenvalue weighted by Gasteiger charge is -2.11. The van der Waals surface area contributed by atoms with Crippen LogP contribution in [0.5, 0.6) is 0 Å². The van der Waals surface area contributed by atoms with Gasteiger partial charge in [0.05, 0.1) is 0 Å². The molecule has 1 aromatic rings. The van der Waals surface area contributed by atoms with Crippen LogP contribution in [0.2, 0.25) is 0 Å².